The van der Waals surface area contributed by atoms with Crippen LogP contribution in [0.2, 0.25) is 0 Å². The fraction of sp³-hybridized carbons (Fsp3) is 0.429. The fourth-order valence-electron chi connectivity index (χ4n) is 1.93. The Hall–Kier alpha value is -1.72. The van der Waals surface area contributed by atoms with Crippen LogP contribution < -0.4 is 5.32 Å². The molecule has 0 aliphatic rings. The lowest BCUT2D eigenvalue weighted by Crippen LogP contribution is -2.21. The van der Waals surface area contributed by atoms with Crippen molar-refractivity contribution in [2.45, 2.75) is 13.0 Å². The molecule has 5 heteroatoms. The molecule has 0 unspecified atom stereocenters. The van der Waals surface area contributed by atoms with Crippen molar-refractivity contribution in [3.8, 4) is 11.3 Å². The number of nitrogens with one attached hydrogen (secondary N) is 2. The Balaban J connectivity index is 1.87. The molecular weight excluding hydrogens is 238 g/mol. The first-order valence-corrected chi connectivity index (χ1v) is 6.58. The third-order valence-electron chi connectivity index (χ3n) is 2.92. The van der Waals surface area contributed by atoms with E-state index in [2.05, 4.69) is 39.7 Å². The van der Waals surface area contributed by atoms with E-state index < -0.39 is 0 Å². The van der Waals surface area contributed by atoms with Gasteiger partial charge in [-0.3, -0.25) is 0 Å². The second-order valence-corrected chi connectivity index (χ2v) is 4.82. The van der Waals surface area contributed by atoms with Gasteiger partial charge in [0, 0.05) is 12.1 Å². The summed E-state index contributed by atoms with van der Waals surface area (Å²) in [6, 6.07) is 10.1. The summed E-state index contributed by atoms with van der Waals surface area (Å²) in [7, 11) is 4.18. The number of aromatic nitrogens is 3. The summed E-state index contributed by atoms with van der Waals surface area (Å²) in [5, 5.41) is 14.6. The normalized spacial score (nSPS) is 11.1. The van der Waals surface area contributed by atoms with Crippen LogP contribution in [0.5, 0.6) is 0 Å². The minimum Gasteiger partial charge on any atom is -0.311 e. The van der Waals surface area contributed by atoms with Gasteiger partial charge in [-0.05, 0) is 33.6 Å². The van der Waals surface area contributed by atoms with Gasteiger partial charge in [-0.15, -0.1) is 0 Å². The predicted molar refractivity (Wildman–Crippen MR) is 76.7 cm³/mol. The molecule has 0 amide bonds. The summed E-state index contributed by atoms with van der Waals surface area (Å²) in [4.78, 5) is 2.19. The maximum atomic E-state index is 4.23. The van der Waals surface area contributed by atoms with Crippen LogP contribution >= 0.6 is 0 Å². The van der Waals surface area contributed by atoms with Crippen molar-refractivity contribution >= 4 is 0 Å². The van der Waals surface area contributed by atoms with Crippen molar-refractivity contribution in [1.82, 2.24) is 25.6 Å². The third kappa shape index (κ3) is 4.15. The van der Waals surface area contributed by atoms with Gasteiger partial charge in [0.2, 0.25) is 0 Å². The van der Waals surface area contributed by atoms with Gasteiger partial charge in [-0.2, -0.15) is 15.4 Å². The molecule has 102 valence electrons. The van der Waals surface area contributed by atoms with Gasteiger partial charge < -0.3 is 10.2 Å². The van der Waals surface area contributed by atoms with Gasteiger partial charge in [0.1, 0.15) is 11.4 Å². The van der Waals surface area contributed by atoms with Gasteiger partial charge >= 0.3 is 0 Å². The number of benzene rings is 1. The summed E-state index contributed by atoms with van der Waals surface area (Å²) < 4.78 is 0. The number of H-pyrrole nitrogens is 1. The average molecular weight is 259 g/mol. The SMILES string of the molecule is CN(C)CCCNCc1n[nH]nc1-c1ccccc1. The Kier molecular flexibility index (Phi) is 5.06. The molecular formula is C14H21N5. The van der Waals surface area contributed by atoms with E-state index in [0.717, 1.165) is 43.0 Å². The summed E-state index contributed by atoms with van der Waals surface area (Å²) in [5.74, 6) is 0. The van der Waals surface area contributed by atoms with Crippen LogP contribution in [-0.2, 0) is 6.54 Å². The predicted octanol–water partition coefficient (Wildman–Crippen LogP) is 1.51. The Morgan fingerprint density at radius 2 is 1.95 bits per heavy atom. The van der Waals surface area contributed by atoms with Gasteiger partial charge in [-0.25, -0.2) is 0 Å². The Bertz CT molecular complexity index is 478. The zero-order valence-corrected chi connectivity index (χ0v) is 11.6. The molecule has 0 fully saturated rings. The van der Waals surface area contributed by atoms with Crippen molar-refractivity contribution in [1.29, 1.82) is 0 Å². The molecule has 1 heterocycles. The molecule has 0 radical (unpaired) electrons. The highest BCUT2D eigenvalue weighted by molar-refractivity contribution is 5.60. The quantitative estimate of drug-likeness (QED) is 0.740. The summed E-state index contributed by atoms with van der Waals surface area (Å²) in [6.45, 7) is 2.82. The number of rotatable bonds is 7. The molecule has 0 atom stereocenters. The maximum Gasteiger partial charge on any atom is 0.117 e. The second kappa shape index (κ2) is 7.01. The molecule has 2 rings (SSSR count). The lowest BCUT2D eigenvalue weighted by molar-refractivity contribution is 0.394. The molecule has 1 aromatic carbocycles. The van der Waals surface area contributed by atoms with Crippen LogP contribution in [0.3, 0.4) is 0 Å². The average Bonchev–Trinajstić information content (AvgIpc) is 2.87. The summed E-state index contributed by atoms with van der Waals surface area (Å²) >= 11 is 0. The van der Waals surface area contributed by atoms with Gasteiger partial charge in [0.05, 0.1) is 0 Å². The van der Waals surface area contributed by atoms with Crippen LogP contribution in [-0.4, -0.2) is 47.5 Å². The highest BCUT2D eigenvalue weighted by atomic mass is 15.3. The molecule has 0 aliphatic heterocycles. The maximum absolute atomic E-state index is 4.23. The number of hydrogen-bond donors (Lipinski definition) is 2. The number of hydrogen-bond acceptors (Lipinski definition) is 4. The van der Waals surface area contributed by atoms with Gasteiger partial charge in [-0.1, -0.05) is 30.3 Å². The van der Waals surface area contributed by atoms with Crippen LogP contribution in [0.25, 0.3) is 11.3 Å². The second-order valence-electron chi connectivity index (χ2n) is 4.82. The van der Waals surface area contributed by atoms with Gasteiger partial charge in [0.25, 0.3) is 0 Å². The zero-order valence-electron chi connectivity index (χ0n) is 11.6. The highest BCUT2D eigenvalue weighted by Gasteiger charge is 2.08. The van der Waals surface area contributed by atoms with Crippen molar-refractivity contribution in [3.05, 3.63) is 36.0 Å². The highest BCUT2D eigenvalue weighted by Crippen LogP contribution is 2.18. The van der Waals surface area contributed by atoms with Crippen LogP contribution in [0.1, 0.15) is 12.1 Å². The first-order valence-electron chi connectivity index (χ1n) is 6.58. The van der Waals surface area contributed by atoms with E-state index >= 15 is 0 Å². The third-order valence-corrected chi connectivity index (χ3v) is 2.92. The smallest absolute Gasteiger partial charge is 0.117 e. The van der Waals surface area contributed by atoms with E-state index in [4.69, 9.17) is 0 Å². The summed E-state index contributed by atoms with van der Waals surface area (Å²) in [5.41, 5.74) is 3.00. The first-order chi connectivity index (χ1) is 9.27. The first kappa shape index (κ1) is 13.7. The molecule has 19 heavy (non-hydrogen) atoms. The Labute approximate surface area is 114 Å². The Morgan fingerprint density at radius 3 is 2.68 bits per heavy atom. The molecule has 2 aromatic rings. The van der Waals surface area contributed by atoms with Crippen molar-refractivity contribution < 1.29 is 0 Å². The molecule has 0 aliphatic carbocycles. The van der Waals surface area contributed by atoms with Crippen molar-refractivity contribution in [2.75, 3.05) is 27.2 Å². The number of nitrogens with zero attached hydrogens (tertiary/aromatic N) is 3. The van der Waals surface area contributed by atoms with E-state index in [0.29, 0.717) is 0 Å². The Morgan fingerprint density at radius 1 is 1.16 bits per heavy atom. The van der Waals surface area contributed by atoms with E-state index in [9.17, 15) is 0 Å². The zero-order chi connectivity index (χ0) is 13.5. The van der Waals surface area contributed by atoms with E-state index in [1.54, 1.807) is 0 Å². The lowest BCUT2D eigenvalue weighted by atomic mass is 10.1. The fourth-order valence-corrected chi connectivity index (χ4v) is 1.93. The van der Waals surface area contributed by atoms with Crippen LogP contribution in [0, 0.1) is 0 Å². The monoisotopic (exact) mass is 259 g/mol. The summed E-state index contributed by atoms with van der Waals surface area (Å²) in [6.07, 6.45) is 1.13. The van der Waals surface area contributed by atoms with Crippen molar-refractivity contribution in [2.24, 2.45) is 0 Å². The minimum absolute atomic E-state index is 0.744. The molecule has 2 N–H and O–H groups in total. The topological polar surface area (TPSA) is 56.8 Å². The molecule has 0 spiro atoms. The molecule has 0 bridgehead atoms. The van der Waals surface area contributed by atoms with Crippen molar-refractivity contribution in [3.63, 3.8) is 0 Å². The minimum atomic E-state index is 0.744. The van der Waals surface area contributed by atoms with Crippen LogP contribution in [0.15, 0.2) is 30.3 Å². The van der Waals surface area contributed by atoms with Crippen LogP contribution in [0.4, 0.5) is 0 Å². The molecule has 1 aromatic heterocycles. The molecule has 0 saturated heterocycles. The largest absolute Gasteiger partial charge is 0.311 e. The number of aromatic amines is 1. The molecule has 0 saturated carbocycles. The lowest BCUT2D eigenvalue weighted by Gasteiger charge is -2.09. The van der Waals surface area contributed by atoms with Gasteiger partial charge in [0.15, 0.2) is 0 Å². The van der Waals surface area contributed by atoms with E-state index in [-0.39, 0.29) is 0 Å². The molecule has 5 nitrogen and oxygen atoms in total. The van der Waals surface area contributed by atoms with E-state index in [1.807, 2.05) is 30.3 Å². The van der Waals surface area contributed by atoms with E-state index in [1.165, 1.54) is 0 Å². The standard InChI is InChI=1S/C14H21N5/c1-19(2)10-6-9-15-11-13-14(17-18-16-13)12-7-4-3-5-8-12/h3-5,7-8,15H,6,9-11H2,1-2H3,(H,16,17,18).